The summed E-state index contributed by atoms with van der Waals surface area (Å²) in [5.41, 5.74) is 1.03. The molecule has 0 saturated carbocycles. The molecule has 0 spiro atoms. The van der Waals surface area contributed by atoms with Gasteiger partial charge in [-0.15, -0.1) is 0 Å². The predicted octanol–water partition coefficient (Wildman–Crippen LogP) is 1.36. The van der Waals surface area contributed by atoms with Crippen molar-refractivity contribution >= 4 is 23.3 Å². The van der Waals surface area contributed by atoms with Crippen LogP contribution in [0, 0.1) is 0 Å². The van der Waals surface area contributed by atoms with E-state index in [0.29, 0.717) is 6.54 Å². The number of nitrogens with one attached hydrogen (secondary N) is 1. The van der Waals surface area contributed by atoms with Gasteiger partial charge >= 0.3 is 12.0 Å². The van der Waals surface area contributed by atoms with E-state index in [1.165, 1.54) is 11.8 Å². The van der Waals surface area contributed by atoms with Crippen molar-refractivity contribution in [2.75, 3.05) is 7.05 Å². The number of urea groups is 1. The van der Waals surface area contributed by atoms with E-state index in [-0.39, 0.29) is 6.03 Å². The fraction of sp³-hybridized carbons (Fsp3) is 0.400. The lowest BCUT2D eigenvalue weighted by Crippen LogP contribution is -2.44. The molecule has 5 nitrogen and oxygen atoms in total. The first-order valence-electron chi connectivity index (χ1n) is 4.76. The second kappa shape index (κ2) is 5.50. The fourth-order valence-corrected chi connectivity index (χ4v) is 1.75. The average Bonchev–Trinajstić information content (AvgIpc) is 2.69. The number of aliphatic carboxylic acids is 1. The van der Waals surface area contributed by atoms with Crippen LogP contribution in [0.5, 0.6) is 0 Å². The van der Waals surface area contributed by atoms with Crippen LogP contribution < -0.4 is 5.32 Å². The van der Waals surface area contributed by atoms with E-state index in [9.17, 15) is 9.59 Å². The first-order chi connectivity index (χ1) is 7.50. The smallest absolute Gasteiger partial charge is 0.325 e. The minimum Gasteiger partial charge on any atom is -0.480 e. The number of amides is 2. The first kappa shape index (κ1) is 12.5. The second-order valence-electron chi connectivity index (χ2n) is 3.50. The molecule has 2 N–H and O–H groups in total. The number of hydrogen-bond donors (Lipinski definition) is 2. The number of thiophene rings is 1. The van der Waals surface area contributed by atoms with Crippen LogP contribution in [-0.2, 0) is 11.3 Å². The number of rotatable bonds is 4. The molecule has 16 heavy (non-hydrogen) atoms. The summed E-state index contributed by atoms with van der Waals surface area (Å²) in [6.45, 7) is 1.90. The molecule has 88 valence electrons. The molecule has 1 atom stereocenters. The summed E-state index contributed by atoms with van der Waals surface area (Å²) in [6.07, 6.45) is 0. The maximum absolute atomic E-state index is 11.5. The quantitative estimate of drug-likeness (QED) is 0.837. The summed E-state index contributed by atoms with van der Waals surface area (Å²) in [6, 6.07) is 0.660. The molecule has 1 aromatic rings. The maximum Gasteiger partial charge on any atom is 0.325 e. The first-order valence-corrected chi connectivity index (χ1v) is 5.70. The Balaban J connectivity index is 2.45. The third kappa shape index (κ3) is 3.54. The zero-order valence-electron chi connectivity index (χ0n) is 9.14. The summed E-state index contributed by atoms with van der Waals surface area (Å²) in [7, 11) is 1.63. The van der Waals surface area contributed by atoms with Crippen LogP contribution in [0.15, 0.2) is 16.8 Å². The number of nitrogens with zero attached hydrogens (tertiary/aromatic N) is 1. The highest BCUT2D eigenvalue weighted by Crippen LogP contribution is 2.08. The molecule has 0 aliphatic heterocycles. The highest BCUT2D eigenvalue weighted by atomic mass is 32.1. The van der Waals surface area contributed by atoms with Crippen LogP contribution in [0.25, 0.3) is 0 Å². The SMILES string of the molecule is CC(NC(=O)N(C)Cc1ccsc1)C(=O)O. The standard InChI is InChI=1S/C10H14N2O3S/c1-7(9(13)14)11-10(15)12(2)5-8-3-4-16-6-8/h3-4,6-7H,5H2,1-2H3,(H,11,15)(H,13,14). The van der Waals surface area contributed by atoms with Crippen molar-refractivity contribution in [3.63, 3.8) is 0 Å². The lowest BCUT2D eigenvalue weighted by molar-refractivity contribution is -0.138. The molecule has 0 bridgehead atoms. The Kier molecular flexibility index (Phi) is 4.30. The molecular formula is C10H14N2O3S. The lowest BCUT2D eigenvalue weighted by atomic mass is 10.3. The minimum absolute atomic E-state index is 0.388. The van der Waals surface area contributed by atoms with E-state index in [0.717, 1.165) is 5.56 Å². The van der Waals surface area contributed by atoms with E-state index >= 15 is 0 Å². The molecule has 0 radical (unpaired) electrons. The van der Waals surface area contributed by atoms with Crippen molar-refractivity contribution in [3.8, 4) is 0 Å². The van der Waals surface area contributed by atoms with Crippen molar-refractivity contribution in [2.45, 2.75) is 19.5 Å². The maximum atomic E-state index is 11.5. The van der Waals surface area contributed by atoms with Gasteiger partial charge in [0.15, 0.2) is 0 Å². The van der Waals surface area contributed by atoms with Gasteiger partial charge in [0, 0.05) is 13.6 Å². The van der Waals surface area contributed by atoms with E-state index in [1.807, 2.05) is 16.8 Å². The van der Waals surface area contributed by atoms with Crippen LogP contribution in [0.4, 0.5) is 4.79 Å². The van der Waals surface area contributed by atoms with Crippen molar-refractivity contribution in [1.29, 1.82) is 0 Å². The molecular weight excluding hydrogens is 228 g/mol. The third-order valence-electron chi connectivity index (χ3n) is 2.06. The zero-order valence-corrected chi connectivity index (χ0v) is 9.95. The van der Waals surface area contributed by atoms with Crippen LogP contribution in [0.3, 0.4) is 0 Å². The minimum atomic E-state index is -1.04. The predicted molar refractivity (Wildman–Crippen MR) is 61.4 cm³/mol. The molecule has 6 heteroatoms. The molecule has 0 fully saturated rings. The third-order valence-corrected chi connectivity index (χ3v) is 2.79. The van der Waals surface area contributed by atoms with E-state index in [1.54, 1.807) is 18.4 Å². The number of carbonyl (C=O) groups is 2. The molecule has 0 aliphatic rings. The Hall–Kier alpha value is -1.56. The fourth-order valence-electron chi connectivity index (χ4n) is 1.09. The molecule has 2 amide bonds. The summed E-state index contributed by atoms with van der Waals surface area (Å²) in [5.74, 6) is -1.04. The Morgan fingerprint density at radius 1 is 1.62 bits per heavy atom. The highest BCUT2D eigenvalue weighted by molar-refractivity contribution is 7.07. The normalized spacial score (nSPS) is 11.9. The van der Waals surface area contributed by atoms with Gasteiger partial charge in [0.2, 0.25) is 0 Å². The summed E-state index contributed by atoms with van der Waals surface area (Å²) in [4.78, 5) is 23.5. The molecule has 1 aromatic heterocycles. The van der Waals surface area contributed by atoms with Crippen molar-refractivity contribution in [2.24, 2.45) is 0 Å². The summed E-state index contributed by atoms with van der Waals surface area (Å²) >= 11 is 1.56. The average molecular weight is 242 g/mol. The van der Waals surface area contributed by atoms with Crippen molar-refractivity contribution in [1.82, 2.24) is 10.2 Å². The molecule has 1 unspecified atom stereocenters. The Morgan fingerprint density at radius 2 is 2.31 bits per heavy atom. The van der Waals surface area contributed by atoms with Crippen LogP contribution in [-0.4, -0.2) is 35.1 Å². The molecule has 1 rings (SSSR count). The Labute approximate surface area is 97.7 Å². The monoisotopic (exact) mass is 242 g/mol. The van der Waals surface area contributed by atoms with E-state index in [2.05, 4.69) is 5.32 Å². The highest BCUT2D eigenvalue weighted by Gasteiger charge is 2.16. The molecule has 0 aromatic carbocycles. The van der Waals surface area contributed by atoms with Gasteiger partial charge in [-0.25, -0.2) is 4.79 Å². The van der Waals surface area contributed by atoms with Gasteiger partial charge in [0.1, 0.15) is 6.04 Å². The van der Waals surface area contributed by atoms with Gasteiger partial charge < -0.3 is 15.3 Å². The number of carbonyl (C=O) groups excluding carboxylic acids is 1. The summed E-state index contributed by atoms with van der Waals surface area (Å²) in [5, 5.41) is 14.9. The molecule has 1 heterocycles. The van der Waals surface area contributed by atoms with E-state index in [4.69, 9.17) is 5.11 Å². The van der Waals surface area contributed by atoms with Crippen LogP contribution in [0.1, 0.15) is 12.5 Å². The molecule has 0 saturated heterocycles. The number of hydrogen-bond acceptors (Lipinski definition) is 3. The number of carboxylic acids is 1. The Morgan fingerprint density at radius 3 is 2.81 bits per heavy atom. The van der Waals surface area contributed by atoms with Gasteiger partial charge in [0.05, 0.1) is 0 Å². The van der Waals surface area contributed by atoms with Gasteiger partial charge in [0.25, 0.3) is 0 Å². The summed E-state index contributed by atoms with van der Waals surface area (Å²) < 4.78 is 0. The lowest BCUT2D eigenvalue weighted by Gasteiger charge is -2.19. The van der Waals surface area contributed by atoms with Gasteiger partial charge in [-0.1, -0.05) is 0 Å². The van der Waals surface area contributed by atoms with E-state index < -0.39 is 12.0 Å². The van der Waals surface area contributed by atoms with Crippen LogP contribution in [0.2, 0.25) is 0 Å². The van der Waals surface area contributed by atoms with Gasteiger partial charge in [-0.3, -0.25) is 4.79 Å². The van der Waals surface area contributed by atoms with Crippen molar-refractivity contribution < 1.29 is 14.7 Å². The second-order valence-corrected chi connectivity index (χ2v) is 4.28. The van der Waals surface area contributed by atoms with Crippen LogP contribution >= 0.6 is 11.3 Å². The van der Waals surface area contributed by atoms with Gasteiger partial charge in [-0.05, 0) is 29.3 Å². The Bertz CT molecular complexity index is 364. The van der Waals surface area contributed by atoms with Gasteiger partial charge in [-0.2, -0.15) is 11.3 Å². The number of carboxylic acid groups (broad SMARTS) is 1. The largest absolute Gasteiger partial charge is 0.480 e. The zero-order chi connectivity index (χ0) is 12.1. The van der Waals surface area contributed by atoms with Crippen molar-refractivity contribution in [3.05, 3.63) is 22.4 Å². The molecule has 0 aliphatic carbocycles. The topological polar surface area (TPSA) is 69.6 Å².